The van der Waals surface area contributed by atoms with Crippen LogP contribution < -0.4 is 0 Å². The third-order valence-electron chi connectivity index (χ3n) is 10.3. The molecule has 0 bridgehead atoms. The molecule has 214 valence electrons. The van der Waals surface area contributed by atoms with Gasteiger partial charge in [0.05, 0.1) is 0 Å². The third kappa shape index (κ3) is 4.26. The van der Waals surface area contributed by atoms with Crippen LogP contribution in [0.1, 0.15) is 102 Å². The summed E-state index contributed by atoms with van der Waals surface area (Å²) >= 11 is 0. The van der Waals surface area contributed by atoms with Crippen LogP contribution in [0, 0.1) is 0 Å². The van der Waals surface area contributed by atoms with Crippen LogP contribution in [0.3, 0.4) is 0 Å². The van der Waals surface area contributed by atoms with Crippen LogP contribution in [-0.2, 0) is 18.3 Å². The lowest BCUT2D eigenvalue weighted by Gasteiger charge is -2.47. The maximum atomic E-state index is 2.53. The molecule has 0 fully saturated rings. The minimum absolute atomic E-state index is 0.155. The van der Waals surface area contributed by atoms with E-state index in [2.05, 4.69) is 156 Å². The highest BCUT2D eigenvalue weighted by Gasteiger charge is 2.54. The van der Waals surface area contributed by atoms with Crippen molar-refractivity contribution in [3.63, 3.8) is 0 Å². The second-order valence-electron chi connectivity index (χ2n) is 12.9. The van der Waals surface area contributed by atoms with Gasteiger partial charge in [0.25, 0.3) is 0 Å². The van der Waals surface area contributed by atoms with Crippen LogP contribution in [-0.4, -0.2) is 0 Å². The van der Waals surface area contributed by atoms with Crippen molar-refractivity contribution in [3.8, 4) is 11.1 Å². The van der Waals surface area contributed by atoms with Gasteiger partial charge in [0, 0.05) is 17.3 Å². The van der Waals surface area contributed by atoms with E-state index >= 15 is 0 Å². The van der Waals surface area contributed by atoms with Gasteiger partial charge >= 0.3 is 0 Å². The van der Waals surface area contributed by atoms with Crippen LogP contribution in [0.4, 0.5) is 0 Å². The summed E-state index contributed by atoms with van der Waals surface area (Å²) in [5.41, 5.74) is 16.6. The summed E-state index contributed by atoms with van der Waals surface area (Å²) in [6.07, 6.45) is 4.53. The molecule has 0 nitrogen and oxygen atoms in total. The van der Waals surface area contributed by atoms with E-state index in [1.165, 1.54) is 66.8 Å². The Hall–Kier alpha value is -4.16. The van der Waals surface area contributed by atoms with E-state index in [4.69, 9.17) is 0 Å². The van der Waals surface area contributed by atoms with Gasteiger partial charge in [-0.05, 0) is 86.9 Å². The van der Waals surface area contributed by atoms with Gasteiger partial charge in [0.1, 0.15) is 0 Å². The summed E-state index contributed by atoms with van der Waals surface area (Å²) in [7, 11) is 0. The molecule has 0 amide bonds. The number of hydrogen-bond acceptors (Lipinski definition) is 0. The Morgan fingerprint density at radius 3 is 1.60 bits per heavy atom. The summed E-state index contributed by atoms with van der Waals surface area (Å²) < 4.78 is 0. The first-order valence-corrected chi connectivity index (χ1v) is 16.2. The summed E-state index contributed by atoms with van der Waals surface area (Å²) in [5, 5.41) is 0. The lowest BCUT2D eigenvalue weighted by molar-refractivity contribution is 0.405. The summed E-state index contributed by atoms with van der Waals surface area (Å²) in [6.45, 7) is 11.6. The molecule has 2 aliphatic carbocycles. The topological polar surface area (TPSA) is 0 Å². The smallest absolute Gasteiger partial charge is 0.0418 e. The predicted molar refractivity (Wildman–Crippen MR) is 183 cm³/mol. The lowest BCUT2D eigenvalue weighted by Crippen LogP contribution is -2.41. The van der Waals surface area contributed by atoms with Gasteiger partial charge in [0.2, 0.25) is 0 Å². The van der Waals surface area contributed by atoms with Crippen molar-refractivity contribution >= 4 is 6.08 Å². The maximum Gasteiger partial charge on any atom is 0.0418 e. The van der Waals surface area contributed by atoms with Gasteiger partial charge in [-0.15, -0.1) is 0 Å². The molecule has 0 heteroatoms. The normalized spacial score (nSPS) is 15.8. The molecule has 0 N–H and O–H groups in total. The summed E-state index contributed by atoms with van der Waals surface area (Å²) in [5.74, 6) is 0.814. The molecule has 2 aliphatic rings. The first-order chi connectivity index (χ1) is 21.0. The van der Waals surface area contributed by atoms with Crippen LogP contribution in [0.5, 0.6) is 0 Å². The van der Waals surface area contributed by atoms with E-state index in [9.17, 15) is 0 Å². The number of aryl methyl sites for hydroxylation is 2. The molecule has 0 aliphatic heterocycles. The molecular weight excluding hydrogens is 516 g/mol. The SMILES string of the molecule is CCc1ccc2c(c1)C(C(c1ccccc1)(c1ccccc1)C1C(C)=Cc3ccc(C(C)C)cc31)c1cc(CC)ccc1-2. The van der Waals surface area contributed by atoms with Crippen molar-refractivity contribution in [2.24, 2.45) is 0 Å². The summed E-state index contributed by atoms with van der Waals surface area (Å²) in [4.78, 5) is 0. The number of hydrogen-bond donors (Lipinski definition) is 0. The van der Waals surface area contributed by atoms with E-state index in [0.717, 1.165) is 12.8 Å². The Bertz CT molecular complexity index is 1730. The highest BCUT2D eigenvalue weighted by molar-refractivity contribution is 5.83. The van der Waals surface area contributed by atoms with Crippen molar-refractivity contribution in [3.05, 3.63) is 171 Å². The maximum absolute atomic E-state index is 2.53. The van der Waals surface area contributed by atoms with Gasteiger partial charge in [-0.3, -0.25) is 0 Å². The first kappa shape index (κ1) is 27.7. The quantitative estimate of drug-likeness (QED) is 0.186. The van der Waals surface area contributed by atoms with Crippen LogP contribution >= 0.6 is 0 Å². The van der Waals surface area contributed by atoms with E-state index in [1.807, 2.05) is 0 Å². The molecule has 0 saturated carbocycles. The Labute approximate surface area is 258 Å². The lowest BCUT2D eigenvalue weighted by atomic mass is 9.54. The van der Waals surface area contributed by atoms with Gasteiger partial charge in [0.15, 0.2) is 0 Å². The Balaban J connectivity index is 1.65. The molecule has 0 aromatic heterocycles. The van der Waals surface area contributed by atoms with Gasteiger partial charge < -0.3 is 0 Å². The zero-order valence-electron chi connectivity index (χ0n) is 26.2. The minimum Gasteiger partial charge on any atom is -0.0639 e. The Kier molecular flexibility index (Phi) is 6.97. The van der Waals surface area contributed by atoms with Gasteiger partial charge in [-0.1, -0.05) is 155 Å². The average Bonchev–Trinajstić information content (AvgIpc) is 3.56. The fraction of sp³-hybridized carbons (Fsp3) is 0.256. The molecule has 1 unspecified atom stereocenters. The van der Waals surface area contributed by atoms with Crippen molar-refractivity contribution in [1.82, 2.24) is 0 Å². The molecule has 0 heterocycles. The Morgan fingerprint density at radius 1 is 0.581 bits per heavy atom. The highest BCUT2D eigenvalue weighted by atomic mass is 14.6. The standard InChI is InChI=1S/C43H42/c1-6-30-18-22-36-37-23-19-31(7-2)26-40(37)42(39(36)25-30)43(34-14-10-8-11-15-34,35-16-12-9-13-17-35)41-29(5)24-33-21-20-32(28(3)4)27-38(33)41/h8-28,41-42H,6-7H2,1-5H3. The molecule has 7 rings (SSSR count). The zero-order valence-corrected chi connectivity index (χ0v) is 26.2. The second-order valence-corrected chi connectivity index (χ2v) is 12.9. The zero-order chi connectivity index (χ0) is 29.7. The summed E-state index contributed by atoms with van der Waals surface area (Å²) in [6, 6.07) is 44.7. The fourth-order valence-corrected chi connectivity index (χ4v) is 8.23. The van der Waals surface area contributed by atoms with Crippen molar-refractivity contribution in [2.45, 2.75) is 70.6 Å². The molecule has 43 heavy (non-hydrogen) atoms. The van der Waals surface area contributed by atoms with E-state index in [1.54, 1.807) is 0 Å². The second kappa shape index (κ2) is 10.8. The van der Waals surface area contributed by atoms with Gasteiger partial charge in [-0.2, -0.15) is 0 Å². The average molecular weight is 559 g/mol. The molecule has 5 aromatic carbocycles. The molecule has 0 radical (unpaired) electrons. The van der Waals surface area contributed by atoms with E-state index in [-0.39, 0.29) is 17.3 Å². The van der Waals surface area contributed by atoms with Crippen molar-refractivity contribution in [2.75, 3.05) is 0 Å². The van der Waals surface area contributed by atoms with Crippen molar-refractivity contribution < 1.29 is 0 Å². The molecular formula is C43H42. The molecule has 1 atom stereocenters. The number of rotatable bonds is 7. The van der Waals surface area contributed by atoms with Crippen LogP contribution in [0.15, 0.2) is 121 Å². The Morgan fingerprint density at radius 2 is 1.12 bits per heavy atom. The molecule has 0 saturated heterocycles. The first-order valence-electron chi connectivity index (χ1n) is 16.2. The number of fused-ring (bicyclic) bond motifs is 4. The monoisotopic (exact) mass is 558 g/mol. The number of benzene rings is 5. The van der Waals surface area contributed by atoms with Crippen LogP contribution in [0.25, 0.3) is 17.2 Å². The van der Waals surface area contributed by atoms with Crippen molar-refractivity contribution in [1.29, 1.82) is 0 Å². The molecule has 5 aromatic rings. The third-order valence-corrected chi connectivity index (χ3v) is 10.3. The van der Waals surface area contributed by atoms with Crippen LogP contribution in [0.2, 0.25) is 0 Å². The van der Waals surface area contributed by atoms with E-state index in [0.29, 0.717) is 5.92 Å². The minimum atomic E-state index is -0.358. The largest absolute Gasteiger partial charge is 0.0639 e. The highest BCUT2D eigenvalue weighted by Crippen LogP contribution is 2.64. The number of allylic oxidation sites excluding steroid dienone is 1. The molecule has 0 spiro atoms. The van der Waals surface area contributed by atoms with Gasteiger partial charge in [-0.25, -0.2) is 0 Å². The predicted octanol–water partition coefficient (Wildman–Crippen LogP) is 11.2. The van der Waals surface area contributed by atoms with E-state index < -0.39 is 0 Å². The fourth-order valence-electron chi connectivity index (χ4n) is 8.23.